The number of benzene rings is 1. The van der Waals surface area contributed by atoms with Gasteiger partial charge in [-0.25, -0.2) is 0 Å². The Morgan fingerprint density at radius 3 is 2.62 bits per heavy atom. The van der Waals surface area contributed by atoms with Gasteiger partial charge in [-0.2, -0.15) is 13.2 Å². The first-order valence-electron chi connectivity index (χ1n) is 6.37. The standard InChI is InChI=1S/C15H18F3NO2/c1-19(11-15(16,17)18)10-12-6-7-14(21-2)13(9-12)5-3-4-8-20/h6-7,9,20H,4,8,10-11H2,1-2H3. The fourth-order valence-corrected chi connectivity index (χ4v) is 1.84. The first kappa shape index (κ1) is 17.3. The number of halogens is 3. The molecule has 0 atom stereocenters. The molecule has 0 saturated carbocycles. The number of hydrogen-bond donors (Lipinski definition) is 1. The van der Waals surface area contributed by atoms with E-state index in [0.29, 0.717) is 17.7 Å². The maximum absolute atomic E-state index is 12.3. The van der Waals surface area contributed by atoms with Crippen LogP contribution < -0.4 is 4.74 Å². The van der Waals surface area contributed by atoms with Crippen molar-refractivity contribution < 1.29 is 23.0 Å². The van der Waals surface area contributed by atoms with E-state index in [1.165, 1.54) is 19.1 Å². The molecular formula is C15H18F3NO2. The highest BCUT2D eigenvalue weighted by Crippen LogP contribution is 2.21. The monoisotopic (exact) mass is 301 g/mol. The second-order valence-electron chi connectivity index (χ2n) is 4.60. The average Bonchev–Trinajstić information content (AvgIpc) is 2.37. The van der Waals surface area contributed by atoms with Gasteiger partial charge in [-0.1, -0.05) is 17.9 Å². The van der Waals surface area contributed by atoms with Gasteiger partial charge in [0.25, 0.3) is 0 Å². The molecule has 116 valence electrons. The lowest BCUT2D eigenvalue weighted by Crippen LogP contribution is -2.30. The van der Waals surface area contributed by atoms with Gasteiger partial charge in [0.05, 0.1) is 25.8 Å². The van der Waals surface area contributed by atoms with Crippen molar-refractivity contribution in [1.82, 2.24) is 4.90 Å². The Morgan fingerprint density at radius 1 is 1.33 bits per heavy atom. The Kier molecular flexibility index (Phi) is 6.53. The van der Waals surface area contributed by atoms with Crippen LogP contribution in [0.25, 0.3) is 0 Å². The third kappa shape index (κ3) is 6.52. The van der Waals surface area contributed by atoms with E-state index in [9.17, 15) is 13.2 Å². The van der Waals surface area contributed by atoms with Crippen LogP contribution in [0.4, 0.5) is 13.2 Å². The molecular weight excluding hydrogens is 283 g/mol. The number of aliphatic hydroxyl groups is 1. The molecule has 3 nitrogen and oxygen atoms in total. The Balaban J connectivity index is 2.85. The summed E-state index contributed by atoms with van der Waals surface area (Å²) < 4.78 is 42.1. The zero-order chi connectivity index (χ0) is 15.9. The highest BCUT2D eigenvalue weighted by Gasteiger charge is 2.29. The molecule has 0 radical (unpaired) electrons. The largest absolute Gasteiger partial charge is 0.495 e. The van der Waals surface area contributed by atoms with Crippen molar-refractivity contribution in [2.75, 3.05) is 27.3 Å². The zero-order valence-electron chi connectivity index (χ0n) is 12.0. The first-order chi connectivity index (χ1) is 9.85. The van der Waals surface area contributed by atoms with Crippen molar-refractivity contribution in [2.24, 2.45) is 0 Å². The first-order valence-corrected chi connectivity index (χ1v) is 6.37. The Bertz CT molecular complexity index is 518. The minimum absolute atomic E-state index is 0.0384. The van der Waals surface area contributed by atoms with E-state index in [0.717, 1.165) is 5.56 Å². The average molecular weight is 301 g/mol. The van der Waals surface area contributed by atoms with Crippen molar-refractivity contribution >= 4 is 0 Å². The molecule has 0 bridgehead atoms. The maximum Gasteiger partial charge on any atom is 0.401 e. The smallest absolute Gasteiger partial charge is 0.401 e. The Morgan fingerprint density at radius 2 is 2.05 bits per heavy atom. The van der Waals surface area contributed by atoms with Crippen molar-refractivity contribution in [2.45, 2.75) is 19.1 Å². The van der Waals surface area contributed by atoms with Crippen molar-refractivity contribution in [1.29, 1.82) is 0 Å². The van der Waals surface area contributed by atoms with Gasteiger partial charge < -0.3 is 9.84 Å². The summed E-state index contributed by atoms with van der Waals surface area (Å²) in [6, 6.07) is 5.10. The number of rotatable bonds is 5. The van der Waals surface area contributed by atoms with Crippen LogP contribution in [0.3, 0.4) is 0 Å². The van der Waals surface area contributed by atoms with Crippen molar-refractivity contribution in [3.63, 3.8) is 0 Å². The van der Waals surface area contributed by atoms with E-state index >= 15 is 0 Å². The van der Waals surface area contributed by atoms with Crippen LogP contribution in [0.15, 0.2) is 18.2 Å². The Hall–Kier alpha value is -1.71. The summed E-state index contributed by atoms with van der Waals surface area (Å²) >= 11 is 0. The van der Waals surface area contributed by atoms with Crippen LogP contribution in [0.5, 0.6) is 5.75 Å². The van der Waals surface area contributed by atoms with Gasteiger partial charge in [-0.15, -0.1) is 0 Å². The Labute approximate surface area is 122 Å². The molecule has 0 aliphatic carbocycles. The molecule has 0 spiro atoms. The molecule has 1 N–H and O–H groups in total. The molecule has 0 aliphatic heterocycles. The quantitative estimate of drug-likeness (QED) is 0.848. The molecule has 1 aromatic rings. The normalized spacial score (nSPS) is 11.2. The van der Waals surface area contributed by atoms with Crippen LogP contribution in [0.1, 0.15) is 17.5 Å². The van der Waals surface area contributed by atoms with E-state index in [4.69, 9.17) is 9.84 Å². The predicted molar refractivity (Wildman–Crippen MR) is 74.0 cm³/mol. The lowest BCUT2D eigenvalue weighted by Gasteiger charge is -2.19. The van der Waals surface area contributed by atoms with Crippen LogP contribution in [-0.4, -0.2) is 43.5 Å². The van der Waals surface area contributed by atoms with Gasteiger partial charge in [0, 0.05) is 13.0 Å². The number of aliphatic hydroxyl groups excluding tert-OH is 1. The molecule has 0 unspecified atom stereocenters. The van der Waals surface area contributed by atoms with Crippen LogP contribution >= 0.6 is 0 Å². The number of hydrogen-bond acceptors (Lipinski definition) is 3. The van der Waals surface area contributed by atoms with Gasteiger partial charge in [-0.05, 0) is 24.7 Å². The molecule has 0 heterocycles. The third-order valence-corrected chi connectivity index (χ3v) is 2.63. The van der Waals surface area contributed by atoms with Crippen LogP contribution in [0, 0.1) is 11.8 Å². The topological polar surface area (TPSA) is 32.7 Å². The molecule has 0 aliphatic rings. The lowest BCUT2D eigenvalue weighted by molar-refractivity contribution is -0.144. The molecule has 21 heavy (non-hydrogen) atoms. The van der Waals surface area contributed by atoms with Crippen molar-refractivity contribution in [3.05, 3.63) is 29.3 Å². The zero-order valence-corrected chi connectivity index (χ0v) is 12.0. The van der Waals surface area contributed by atoms with E-state index in [2.05, 4.69) is 11.8 Å². The van der Waals surface area contributed by atoms with Gasteiger partial charge in [0.15, 0.2) is 0 Å². The minimum Gasteiger partial charge on any atom is -0.495 e. The minimum atomic E-state index is -4.22. The van der Waals surface area contributed by atoms with Crippen LogP contribution in [-0.2, 0) is 6.54 Å². The number of alkyl halides is 3. The number of methoxy groups -OCH3 is 1. The van der Waals surface area contributed by atoms with Crippen molar-refractivity contribution in [3.8, 4) is 17.6 Å². The molecule has 1 rings (SSSR count). The number of ether oxygens (including phenoxy) is 1. The second kappa shape index (κ2) is 7.91. The maximum atomic E-state index is 12.3. The van der Waals surface area contributed by atoms with Gasteiger partial charge >= 0.3 is 6.18 Å². The summed E-state index contributed by atoms with van der Waals surface area (Å²) in [6.07, 6.45) is -3.88. The van der Waals surface area contributed by atoms with Gasteiger partial charge in [0.1, 0.15) is 5.75 Å². The van der Waals surface area contributed by atoms with E-state index in [-0.39, 0.29) is 13.2 Å². The molecule has 0 fully saturated rings. The second-order valence-corrected chi connectivity index (χ2v) is 4.60. The number of nitrogens with zero attached hydrogens (tertiary/aromatic N) is 1. The SMILES string of the molecule is COc1ccc(CN(C)CC(F)(F)F)cc1C#CCCO. The van der Waals surface area contributed by atoms with E-state index < -0.39 is 12.7 Å². The summed E-state index contributed by atoms with van der Waals surface area (Å²) in [5.74, 6) is 6.18. The summed E-state index contributed by atoms with van der Waals surface area (Å²) in [7, 11) is 2.91. The molecule has 0 aromatic heterocycles. The fraction of sp³-hybridized carbons (Fsp3) is 0.467. The van der Waals surface area contributed by atoms with E-state index in [1.54, 1.807) is 18.2 Å². The lowest BCUT2D eigenvalue weighted by atomic mass is 10.1. The summed E-state index contributed by atoms with van der Waals surface area (Å²) in [5, 5.41) is 8.71. The molecule has 0 saturated heterocycles. The summed E-state index contributed by atoms with van der Waals surface area (Å²) in [6.45, 7) is -0.841. The highest BCUT2D eigenvalue weighted by molar-refractivity contribution is 5.48. The molecule has 6 heteroatoms. The summed E-state index contributed by atoms with van der Waals surface area (Å²) in [4.78, 5) is 1.19. The van der Waals surface area contributed by atoms with E-state index in [1.807, 2.05) is 0 Å². The molecule has 0 amide bonds. The summed E-state index contributed by atoms with van der Waals surface area (Å²) in [5.41, 5.74) is 1.32. The fourth-order valence-electron chi connectivity index (χ4n) is 1.84. The predicted octanol–water partition coefficient (Wildman–Crippen LogP) is 2.42. The van der Waals surface area contributed by atoms with Crippen LogP contribution in [0.2, 0.25) is 0 Å². The molecule has 1 aromatic carbocycles. The van der Waals surface area contributed by atoms with Gasteiger partial charge in [-0.3, -0.25) is 4.90 Å². The van der Waals surface area contributed by atoms with Gasteiger partial charge in [0.2, 0.25) is 0 Å². The highest BCUT2D eigenvalue weighted by atomic mass is 19.4. The third-order valence-electron chi connectivity index (χ3n) is 2.63.